The number of rotatable bonds is 6. The summed E-state index contributed by atoms with van der Waals surface area (Å²) in [6.07, 6.45) is 4.17. The third kappa shape index (κ3) is 4.99. The lowest BCUT2D eigenvalue weighted by Crippen LogP contribution is -1.97. The molecule has 0 aliphatic carbocycles. The van der Waals surface area contributed by atoms with E-state index in [9.17, 15) is 4.79 Å². The van der Waals surface area contributed by atoms with E-state index in [1.54, 1.807) is 12.2 Å². The maximum atomic E-state index is 10.7. The fourth-order valence-electron chi connectivity index (χ4n) is 1.13. The highest BCUT2D eigenvalue weighted by Crippen LogP contribution is 2.13. The Kier molecular flexibility index (Phi) is 5.65. The molecule has 0 spiro atoms. The second kappa shape index (κ2) is 7.07. The van der Waals surface area contributed by atoms with Gasteiger partial charge in [0.25, 0.3) is 0 Å². The Balaban J connectivity index is 2.51. The molecule has 3 heteroatoms. The van der Waals surface area contributed by atoms with Crippen LogP contribution in [0, 0.1) is 0 Å². The van der Waals surface area contributed by atoms with Gasteiger partial charge in [-0.1, -0.05) is 18.2 Å². The Bertz CT molecular complexity index is 355. The number of benzene rings is 1. The molecule has 0 aromatic heterocycles. The smallest absolute Gasteiger partial charge is 0.152 e. The van der Waals surface area contributed by atoms with Gasteiger partial charge in [-0.25, -0.2) is 0 Å². The predicted octanol–water partition coefficient (Wildman–Crippen LogP) is 3.30. The summed E-state index contributed by atoms with van der Waals surface area (Å²) in [5.74, 6) is 1.48. The van der Waals surface area contributed by atoms with E-state index in [1.807, 2.05) is 24.3 Å². The van der Waals surface area contributed by atoms with Crippen LogP contribution in [0.25, 0.3) is 6.08 Å². The molecular weight excluding hydrogens is 224 g/mol. The highest BCUT2D eigenvalue weighted by atomic mass is 35.5. The fourth-order valence-corrected chi connectivity index (χ4v) is 1.24. The number of allylic oxidation sites excluding steroid dienone is 1. The Hall–Kier alpha value is -1.28. The molecule has 16 heavy (non-hydrogen) atoms. The van der Waals surface area contributed by atoms with Crippen LogP contribution in [0.2, 0.25) is 0 Å². The van der Waals surface area contributed by atoms with Gasteiger partial charge in [0, 0.05) is 5.88 Å². The molecule has 0 aliphatic rings. The van der Waals surface area contributed by atoms with Gasteiger partial charge in [0.05, 0.1) is 6.61 Å². The van der Waals surface area contributed by atoms with Crippen molar-refractivity contribution in [2.75, 3.05) is 12.5 Å². The standard InChI is InChI=1S/C13H15ClO2/c1-11(15)3-4-12-5-7-13(8-6-12)16-10-2-9-14/h3-8H,2,9-10H2,1H3/b4-3+. The van der Waals surface area contributed by atoms with Crippen molar-refractivity contribution in [2.45, 2.75) is 13.3 Å². The van der Waals surface area contributed by atoms with E-state index in [-0.39, 0.29) is 5.78 Å². The quantitative estimate of drug-likeness (QED) is 0.432. The van der Waals surface area contributed by atoms with Crippen LogP contribution in [0.5, 0.6) is 5.75 Å². The molecule has 1 aromatic rings. The summed E-state index contributed by atoms with van der Waals surface area (Å²) in [6, 6.07) is 7.59. The molecule has 0 aliphatic heterocycles. The number of carbonyl (C=O) groups is 1. The van der Waals surface area contributed by atoms with Crippen molar-refractivity contribution >= 4 is 23.5 Å². The number of carbonyl (C=O) groups excluding carboxylic acids is 1. The van der Waals surface area contributed by atoms with Crippen LogP contribution in [0.1, 0.15) is 18.9 Å². The first-order valence-electron chi connectivity index (χ1n) is 5.20. The molecule has 0 bridgehead atoms. The molecule has 0 saturated heterocycles. The van der Waals surface area contributed by atoms with Crippen molar-refractivity contribution in [2.24, 2.45) is 0 Å². The van der Waals surface area contributed by atoms with Gasteiger partial charge in [-0.2, -0.15) is 0 Å². The zero-order valence-electron chi connectivity index (χ0n) is 9.28. The average molecular weight is 239 g/mol. The van der Waals surface area contributed by atoms with Gasteiger partial charge in [-0.05, 0) is 37.1 Å². The van der Waals surface area contributed by atoms with Gasteiger partial charge in [-0.3, -0.25) is 4.79 Å². The first-order chi connectivity index (χ1) is 7.72. The minimum absolute atomic E-state index is 0.0439. The molecule has 0 atom stereocenters. The van der Waals surface area contributed by atoms with E-state index in [4.69, 9.17) is 16.3 Å². The topological polar surface area (TPSA) is 26.3 Å². The zero-order chi connectivity index (χ0) is 11.8. The van der Waals surface area contributed by atoms with Crippen molar-refractivity contribution in [3.63, 3.8) is 0 Å². The molecule has 0 heterocycles. The summed E-state index contributed by atoms with van der Waals surface area (Å²) >= 11 is 5.54. The SMILES string of the molecule is CC(=O)/C=C/c1ccc(OCCCCl)cc1. The zero-order valence-corrected chi connectivity index (χ0v) is 10.0. The van der Waals surface area contributed by atoms with Crippen LogP contribution in [-0.4, -0.2) is 18.3 Å². The lowest BCUT2D eigenvalue weighted by atomic mass is 10.2. The van der Waals surface area contributed by atoms with Crippen LogP contribution in [0.3, 0.4) is 0 Å². The van der Waals surface area contributed by atoms with Gasteiger partial charge >= 0.3 is 0 Å². The Labute approximate surface area is 101 Å². The van der Waals surface area contributed by atoms with E-state index in [0.29, 0.717) is 12.5 Å². The molecule has 0 radical (unpaired) electrons. The number of ether oxygens (including phenoxy) is 1. The Morgan fingerprint density at radius 1 is 1.38 bits per heavy atom. The minimum Gasteiger partial charge on any atom is -0.494 e. The highest BCUT2D eigenvalue weighted by molar-refractivity contribution is 6.17. The van der Waals surface area contributed by atoms with Crippen molar-refractivity contribution in [1.82, 2.24) is 0 Å². The summed E-state index contributed by atoms with van der Waals surface area (Å²) in [4.78, 5) is 10.7. The maximum absolute atomic E-state index is 10.7. The molecule has 0 fully saturated rings. The largest absolute Gasteiger partial charge is 0.494 e. The fraction of sp³-hybridized carbons (Fsp3) is 0.308. The average Bonchev–Trinajstić information content (AvgIpc) is 2.28. The molecule has 1 aromatic carbocycles. The molecule has 0 amide bonds. The number of halogens is 1. The van der Waals surface area contributed by atoms with Crippen molar-refractivity contribution in [1.29, 1.82) is 0 Å². The summed E-state index contributed by atoms with van der Waals surface area (Å²) in [6.45, 7) is 2.16. The van der Waals surface area contributed by atoms with E-state index >= 15 is 0 Å². The summed E-state index contributed by atoms with van der Waals surface area (Å²) in [7, 11) is 0. The van der Waals surface area contributed by atoms with E-state index < -0.39 is 0 Å². The number of alkyl halides is 1. The minimum atomic E-state index is 0.0439. The van der Waals surface area contributed by atoms with Gasteiger partial charge in [0.2, 0.25) is 0 Å². The van der Waals surface area contributed by atoms with Crippen LogP contribution < -0.4 is 4.74 Å². The molecule has 1 rings (SSSR count). The van der Waals surface area contributed by atoms with Gasteiger partial charge < -0.3 is 4.74 Å². The van der Waals surface area contributed by atoms with Crippen molar-refractivity contribution in [3.8, 4) is 5.75 Å². The van der Waals surface area contributed by atoms with Crippen LogP contribution in [-0.2, 0) is 4.79 Å². The monoisotopic (exact) mass is 238 g/mol. The molecule has 86 valence electrons. The van der Waals surface area contributed by atoms with E-state index in [2.05, 4.69) is 0 Å². The second-order valence-corrected chi connectivity index (χ2v) is 3.78. The molecule has 0 N–H and O–H groups in total. The first kappa shape index (κ1) is 12.8. The number of hydrogen-bond acceptors (Lipinski definition) is 2. The third-order valence-corrected chi connectivity index (χ3v) is 2.20. The summed E-state index contributed by atoms with van der Waals surface area (Å²) < 4.78 is 5.45. The summed E-state index contributed by atoms with van der Waals surface area (Å²) in [5.41, 5.74) is 0.986. The molecule has 0 unspecified atom stereocenters. The van der Waals surface area contributed by atoms with E-state index in [0.717, 1.165) is 17.7 Å². The lowest BCUT2D eigenvalue weighted by Gasteiger charge is -2.04. The van der Waals surface area contributed by atoms with Crippen LogP contribution >= 0.6 is 11.6 Å². The van der Waals surface area contributed by atoms with Crippen molar-refractivity contribution < 1.29 is 9.53 Å². The van der Waals surface area contributed by atoms with Crippen molar-refractivity contribution in [3.05, 3.63) is 35.9 Å². The first-order valence-corrected chi connectivity index (χ1v) is 5.73. The Morgan fingerprint density at radius 2 is 2.06 bits per heavy atom. The third-order valence-electron chi connectivity index (χ3n) is 1.94. The molecule has 2 nitrogen and oxygen atoms in total. The highest BCUT2D eigenvalue weighted by Gasteiger charge is 1.93. The normalized spacial score (nSPS) is 10.6. The van der Waals surface area contributed by atoms with Crippen LogP contribution in [0.15, 0.2) is 30.3 Å². The maximum Gasteiger partial charge on any atom is 0.152 e. The lowest BCUT2D eigenvalue weighted by molar-refractivity contribution is -0.112. The predicted molar refractivity (Wildman–Crippen MR) is 67.0 cm³/mol. The van der Waals surface area contributed by atoms with Gasteiger partial charge in [0.1, 0.15) is 5.75 Å². The van der Waals surface area contributed by atoms with Crippen LogP contribution in [0.4, 0.5) is 0 Å². The number of ketones is 1. The van der Waals surface area contributed by atoms with Gasteiger partial charge in [-0.15, -0.1) is 11.6 Å². The number of hydrogen-bond donors (Lipinski definition) is 0. The van der Waals surface area contributed by atoms with Gasteiger partial charge in [0.15, 0.2) is 5.78 Å². The Morgan fingerprint density at radius 3 is 2.62 bits per heavy atom. The van der Waals surface area contributed by atoms with E-state index in [1.165, 1.54) is 6.92 Å². The second-order valence-electron chi connectivity index (χ2n) is 3.40. The molecular formula is C13H15ClO2. The molecule has 0 saturated carbocycles. The summed E-state index contributed by atoms with van der Waals surface area (Å²) in [5, 5.41) is 0.